The Morgan fingerprint density at radius 3 is 2.45 bits per heavy atom. The zero-order chi connectivity index (χ0) is 8.85. The third kappa shape index (κ3) is 4.79. The van der Waals surface area contributed by atoms with Crippen molar-refractivity contribution in [3.05, 3.63) is 0 Å². The highest BCUT2D eigenvalue weighted by atomic mass is 35.5. The molecule has 1 amide bonds. The van der Waals surface area contributed by atoms with Gasteiger partial charge in [0.1, 0.15) is 6.04 Å². The molecule has 0 spiro atoms. The van der Waals surface area contributed by atoms with Crippen molar-refractivity contribution < 1.29 is 9.59 Å². The Kier molecular flexibility index (Phi) is 4.86. The number of nitrogens with one attached hydrogen (secondary N) is 1. The number of hydrogen-bond donors (Lipinski definition) is 1. The topological polar surface area (TPSA) is 46.2 Å². The molecule has 0 rings (SSSR count). The zero-order valence-electron chi connectivity index (χ0n) is 6.63. The SMILES string of the molecule is CC(C)C[C@H](NC=O)C(=O)Cl. The van der Waals surface area contributed by atoms with E-state index in [4.69, 9.17) is 11.6 Å². The van der Waals surface area contributed by atoms with Gasteiger partial charge in [0.15, 0.2) is 0 Å². The Hall–Kier alpha value is -0.570. The highest BCUT2D eigenvalue weighted by molar-refractivity contribution is 6.64. The van der Waals surface area contributed by atoms with Crippen molar-refractivity contribution >= 4 is 23.3 Å². The minimum atomic E-state index is -0.533. The van der Waals surface area contributed by atoms with Crippen molar-refractivity contribution in [1.29, 1.82) is 0 Å². The molecule has 11 heavy (non-hydrogen) atoms. The monoisotopic (exact) mass is 177 g/mol. The van der Waals surface area contributed by atoms with Crippen LogP contribution in [-0.2, 0) is 9.59 Å². The molecule has 0 fully saturated rings. The van der Waals surface area contributed by atoms with E-state index in [0.717, 1.165) is 0 Å². The lowest BCUT2D eigenvalue weighted by molar-refractivity contribution is -0.118. The Morgan fingerprint density at radius 2 is 2.18 bits per heavy atom. The van der Waals surface area contributed by atoms with Crippen LogP contribution in [0.4, 0.5) is 0 Å². The van der Waals surface area contributed by atoms with Crippen LogP contribution in [0.25, 0.3) is 0 Å². The van der Waals surface area contributed by atoms with Crippen LogP contribution in [0.15, 0.2) is 0 Å². The summed E-state index contributed by atoms with van der Waals surface area (Å²) in [6.07, 6.45) is 1.08. The number of amides is 1. The fourth-order valence-electron chi connectivity index (χ4n) is 0.780. The minimum absolute atomic E-state index is 0.343. The molecule has 1 N–H and O–H groups in total. The Labute approximate surface area is 71.1 Å². The van der Waals surface area contributed by atoms with E-state index < -0.39 is 11.3 Å². The fourth-order valence-corrected chi connectivity index (χ4v) is 0.932. The second-order valence-corrected chi connectivity index (χ2v) is 3.14. The summed E-state index contributed by atoms with van der Waals surface area (Å²) in [6, 6.07) is -0.533. The summed E-state index contributed by atoms with van der Waals surface area (Å²) in [6.45, 7) is 3.92. The molecule has 0 aromatic heterocycles. The van der Waals surface area contributed by atoms with Crippen molar-refractivity contribution in [2.24, 2.45) is 5.92 Å². The first-order valence-electron chi connectivity index (χ1n) is 3.47. The first-order valence-corrected chi connectivity index (χ1v) is 3.84. The molecule has 64 valence electrons. The third-order valence-electron chi connectivity index (χ3n) is 1.25. The van der Waals surface area contributed by atoms with E-state index in [1.807, 2.05) is 13.8 Å². The largest absolute Gasteiger partial charge is 0.348 e. The van der Waals surface area contributed by atoms with Gasteiger partial charge >= 0.3 is 0 Å². The maximum absolute atomic E-state index is 10.6. The second-order valence-electron chi connectivity index (χ2n) is 2.77. The van der Waals surface area contributed by atoms with Gasteiger partial charge in [0.05, 0.1) is 0 Å². The lowest BCUT2D eigenvalue weighted by atomic mass is 10.1. The number of carbonyl (C=O) groups excluding carboxylic acids is 2. The molecule has 0 aromatic rings. The first kappa shape index (κ1) is 10.4. The Bertz CT molecular complexity index is 147. The molecule has 1 atom stereocenters. The predicted octanol–water partition coefficient (Wildman–Crippen LogP) is 0.912. The van der Waals surface area contributed by atoms with Crippen molar-refractivity contribution in [1.82, 2.24) is 5.32 Å². The van der Waals surface area contributed by atoms with Crippen molar-refractivity contribution in [3.8, 4) is 0 Å². The maximum atomic E-state index is 10.6. The van der Waals surface area contributed by atoms with Gasteiger partial charge < -0.3 is 5.32 Å². The molecule has 0 saturated heterocycles. The van der Waals surface area contributed by atoms with Crippen LogP contribution in [0.2, 0.25) is 0 Å². The van der Waals surface area contributed by atoms with Crippen molar-refractivity contribution in [2.45, 2.75) is 26.3 Å². The molecule has 0 unspecified atom stereocenters. The third-order valence-corrected chi connectivity index (χ3v) is 1.51. The smallest absolute Gasteiger partial charge is 0.243 e. The van der Waals surface area contributed by atoms with Gasteiger partial charge in [0.25, 0.3) is 0 Å². The summed E-state index contributed by atoms with van der Waals surface area (Å²) in [7, 11) is 0. The summed E-state index contributed by atoms with van der Waals surface area (Å²) in [5.74, 6) is 0.343. The molecule has 0 radical (unpaired) electrons. The van der Waals surface area contributed by atoms with E-state index in [2.05, 4.69) is 5.32 Å². The summed E-state index contributed by atoms with van der Waals surface area (Å²) < 4.78 is 0. The number of carbonyl (C=O) groups is 2. The van der Waals surface area contributed by atoms with Crippen molar-refractivity contribution in [3.63, 3.8) is 0 Å². The van der Waals surface area contributed by atoms with Gasteiger partial charge in [-0.3, -0.25) is 9.59 Å². The summed E-state index contributed by atoms with van der Waals surface area (Å²) in [5, 5.41) is 1.84. The average molecular weight is 178 g/mol. The molecule has 0 aliphatic heterocycles. The van der Waals surface area contributed by atoms with Crippen LogP contribution < -0.4 is 5.32 Å². The molecule has 3 nitrogen and oxygen atoms in total. The zero-order valence-corrected chi connectivity index (χ0v) is 7.39. The predicted molar refractivity (Wildman–Crippen MR) is 43.3 cm³/mol. The van der Waals surface area contributed by atoms with Crippen LogP contribution in [0.1, 0.15) is 20.3 Å². The fraction of sp³-hybridized carbons (Fsp3) is 0.714. The highest BCUT2D eigenvalue weighted by Gasteiger charge is 2.15. The van der Waals surface area contributed by atoms with Gasteiger partial charge in [-0.25, -0.2) is 0 Å². The van der Waals surface area contributed by atoms with Gasteiger partial charge in [-0.15, -0.1) is 0 Å². The van der Waals surface area contributed by atoms with Crippen LogP contribution in [0.3, 0.4) is 0 Å². The summed E-state index contributed by atoms with van der Waals surface area (Å²) in [4.78, 5) is 20.6. The van der Waals surface area contributed by atoms with Gasteiger partial charge in [0.2, 0.25) is 11.7 Å². The lowest BCUT2D eigenvalue weighted by Crippen LogP contribution is -2.34. The van der Waals surface area contributed by atoms with Crippen LogP contribution >= 0.6 is 11.6 Å². The average Bonchev–Trinajstić information content (AvgIpc) is 1.86. The normalized spacial score (nSPS) is 12.7. The number of hydrogen-bond acceptors (Lipinski definition) is 2. The molecular formula is C7H12ClNO2. The molecule has 0 saturated carbocycles. The summed E-state index contributed by atoms with van der Waals surface area (Å²) >= 11 is 5.21. The molecule has 4 heteroatoms. The van der Waals surface area contributed by atoms with Gasteiger partial charge in [-0.2, -0.15) is 0 Å². The van der Waals surface area contributed by atoms with Crippen molar-refractivity contribution in [2.75, 3.05) is 0 Å². The molecule has 0 bridgehead atoms. The maximum Gasteiger partial charge on any atom is 0.243 e. The van der Waals surface area contributed by atoms with Crippen LogP contribution in [0.5, 0.6) is 0 Å². The molecule has 0 heterocycles. The van der Waals surface area contributed by atoms with Gasteiger partial charge in [-0.05, 0) is 23.9 Å². The molecule has 0 aliphatic rings. The first-order chi connectivity index (χ1) is 5.07. The number of halogens is 1. The Morgan fingerprint density at radius 1 is 1.64 bits per heavy atom. The lowest BCUT2D eigenvalue weighted by Gasteiger charge is -2.12. The minimum Gasteiger partial charge on any atom is -0.348 e. The standard InChI is InChI=1S/C7H12ClNO2/c1-5(2)3-6(7(8)11)9-4-10/h4-6H,3H2,1-2H3,(H,9,10)/t6-/m0/s1. The summed E-state index contributed by atoms with van der Waals surface area (Å²) in [5.41, 5.74) is 0. The Balaban J connectivity index is 3.88. The van der Waals surface area contributed by atoms with Gasteiger partial charge in [0, 0.05) is 0 Å². The van der Waals surface area contributed by atoms with Crippen LogP contribution in [0, 0.1) is 5.92 Å². The molecular weight excluding hydrogens is 166 g/mol. The van der Waals surface area contributed by atoms with E-state index in [-0.39, 0.29) is 0 Å². The van der Waals surface area contributed by atoms with E-state index >= 15 is 0 Å². The van der Waals surface area contributed by atoms with E-state index in [1.54, 1.807) is 0 Å². The van der Waals surface area contributed by atoms with Crippen LogP contribution in [-0.4, -0.2) is 17.7 Å². The second kappa shape index (κ2) is 5.13. The van der Waals surface area contributed by atoms with E-state index in [9.17, 15) is 9.59 Å². The quantitative estimate of drug-likeness (QED) is 0.501. The number of rotatable bonds is 5. The van der Waals surface area contributed by atoms with E-state index in [1.165, 1.54) is 0 Å². The molecule has 0 aliphatic carbocycles. The molecule has 0 aromatic carbocycles. The van der Waals surface area contributed by atoms with E-state index in [0.29, 0.717) is 18.7 Å². The highest BCUT2D eigenvalue weighted by Crippen LogP contribution is 2.06. The van der Waals surface area contributed by atoms with Gasteiger partial charge in [-0.1, -0.05) is 13.8 Å².